The van der Waals surface area contributed by atoms with E-state index in [9.17, 15) is 19.2 Å². The fourth-order valence-corrected chi connectivity index (χ4v) is 2.61. The molecule has 1 aromatic carbocycles. The number of aromatic amines is 1. The van der Waals surface area contributed by atoms with E-state index >= 15 is 0 Å². The Bertz CT molecular complexity index is 916. The van der Waals surface area contributed by atoms with E-state index in [0.29, 0.717) is 29.3 Å². The van der Waals surface area contributed by atoms with Crippen LogP contribution in [0.4, 0.5) is 5.69 Å². The van der Waals surface area contributed by atoms with E-state index < -0.39 is 24.3 Å². The van der Waals surface area contributed by atoms with Crippen molar-refractivity contribution < 1.29 is 19.5 Å². The van der Waals surface area contributed by atoms with Gasteiger partial charge >= 0.3 is 5.97 Å². The molecule has 2 amide bonds. The molecule has 0 unspecified atom stereocenters. The maximum Gasteiger partial charge on any atom is 0.322 e. The van der Waals surface area contributed by atoms with E-state index in [1.165, 1.54) is 6.07 Å². The molecule has 1 aromatic heterocycles. The summed E-state index contributed by atoms with van der Waals surface area (Å²) in [4.78, 5) is 49.0. The molecule has 8 heteroatoms. The summed E-state index contributed by atoms with van der Waals surface area (Å²) in [5.74, 6) is -1.57. The first-order valence-electron chi connectivity index (χ1n) is 8.85. The van der Waals surface area contributed by atoms with Crippen molar-refractivity contribution in [2.75, 3.05) is 11.9 Å². The summed E-state index contributed by atoms with van der Waals surface area (Å²) in [6, 6.07) is 9.52. The fraction of sp³-hybridized carbons (Fsp3) is 0.300. The van der Waals surface area contributed by atoms with Crippen molar-refractivity contribution in [3.05, 3.63) is 63.6 Å². The minimum atomic E-state index is -1.11. The van der Waals surface area contributed by atoms with Gasteiger partial charge in [-0.3, -0.25) is 19.2 Å². The van der Waals surface area contributed by atoms with Gasteiger partial charge in [0.05, 0.1) is 6.42 Å². The highest BCUT2D eigenvalue weighted by Crippen LogP contribution is 2.13. The van der Waals surface area contributed by atoms with Gasteiger partial charge in [-0.1, -0.05) is 26.0 Å². The number of hydrogen-bond donors (Lipinski definition) is 4. The zero-order valence-electron chi connectivity index (χ0n) is 15.7. The van der Waals surface area contributed by atoms with Gasteiger partial charge < -0.3 is 20.7 Å². The van der Waals surface area contributed by atoms with Crippen molar-refractivity contribution in [3.63, 3.8) is 0 Å². The van der Waals surface area contributed by atoms with E-state index in [-0.39, 0.29) is 17.5 Å². The maximum atomic E-state index is 12.4. The van der Waals surface area contributed by atoms with Crippen LogP contribution in [0.15, 0.2) is 41.2 Å². The fourth-order valence-electron chi connectivity index (χ4n) is 2.61. The number of carboxylic acid groups (broad SMARTS) is 1. The largest absolute Gasteiger partial charge is 0.480 e. The highest BCUT2D eigenvalue weighted by atomic mass is 16.4. The number of benzene rings is 1. The van der Waals surface area contributed by atoms with Gasteiger partial charge in [0.25, 0.3) is 5.91 Å². The summed E-state index contributed by atoms with van der Waals surface area (Å²) in [5, 5.41) is 13.5. The number of amides is 2. The minimum absolute atomic E-state index is 0.0358. The Hall–Kier alpha value is -3.42. The van der Waals surface area contributed by atoms with E-state index in [0.717, 1.165) is 0 Å². The van der Waals surface area contributed by atoms with Crippen LogP contribution in [0.5, 0.6) is 0 Å². The van der Waals surface area contributed by atoms with Crippen molar-refractivity contribution >= 4 is 23.5 Å². The number of aliphatic carboxylic acids is 1. The summed E-state index contributed by atoms with van der Waals surface area (Å²) in [5.41, 5.74) is 1.85. The molecular weight excluding hydrogens is 362 g/mol. The lowest BCUT2D eigenvalue weighted by molar-refractivity contribution is -0.137. The van der Waals surface area contributed by atoms with Crippen LogP contribution in [0.1, 0.15) is 35.5 Å². The van der Waals surface area contributed by atoms with Crippen molar-refractivity contribution in [2.45, 2.75) is 26.7 Å². The Morgan fingerprint density at radius 2 is 1.79 bits per heavy atom. The molecule has 0 fully saturated rings. The number of carbonyl (C=O) groups excluding carboxylic acids is 2. The van der Waals surface area contributed by atoms with Crippen LogP contribution in [0, 0.1) is 5.92 Å². The van der Waals surface area contributed by atoms with Gasteiger partial charge in [0, 0.05) is 23.0 Å². The van der Waals surface area contributed by atoms with Crippen LogP contribution in [0.3, 0.4) is 0 Å². The van der Waals surface area contributed by atoms with Crippen LogP contribution >= 0.6 is 0 Å². The minimum Gasteiger partial charge on any atom is -0.480 e. The highest BCUT2D eigenvalue weighted by Gasteiger charge is 2.10. The molecule has 148 valence electrons. The first-order valence-corrected chi connectivity index (χ1v) is 8.85. The number of pyridine rings is 1. The Morgan fingerprint density at radius 1 is 1.11 bits per heavy atom. The van der Waals surface area contributed by atoms with Gasteiger partial charge in [-0.05, 0) is 36.1 Å². The van der Waals surface area contributed by atoms with E-state index in [1.807, 2.05) is 13.8 Å². The second-order valence-corrected chi connectivity index (χ2v) is 6.85. The quantitative estimate of drug-likeness (QED) is 0.548. The smallest absolute Gasteiger partial charge is 0.322 e. The SMILES string of the molecule is CC(C)Cc1cc(C(=O)Nc2ccc(CC(=O)NCC(=O)O)cc2)cc(=O)[nH]1. The molecule has 0 saturated carbocycles. The molecule has 0 aliphatic rings. The van der Waals surface area contributed by atoms with Crippen LogP contribution in [0.2, 0.25) is 0 Å². The van der Waals surface area contributed by atoms with Crippen LogP contribution in [-0.2, 0) is 22.4 Å². The molecule has 2 aromatic rings. The van der Waals surface area contributed by atoms with Gasteiger partial charge in [0.2, 0.25) is 11.5 Å². The average molecular weight is 385 g/mol. The second kappa shape index (κ2) is 9.50. The monoisotopic (exact) mass is 385 g/mol. The lowest BCUT2D eigenvalue weighted by atomic mass is 10.1. The highest BCUT2D eigenvalue weighted by molar-refractivity contribution is 6.04. The average Bonchev–Trinajstić information content (AvgIpc) is 2.60. The molecule has 1 heterocycles. The third-order valence-electron chi connectivity index (χ3n) is 3.80. The maximum absolute atomic E-state index is 12.4. The molecule has 0 aliphatic carbocycles. The number of aromatic nitrogens is 1. The first kappa shape index (κ1) is 20.9. The number of nitrogens with one attached hydrogen (secondary N) is 3. The second-order valence-electron chi connectivity index (χ2n) is 6.85. The molecule has 4 N–H and O–H groups in total. The topological polar surface area (TPSA) is 128 Å². The van der Waals surface area contributed by atoms with Gasteiger partial charge in [0.15, 0.2) is 0 Å². The molecule has 8 nitrogen and oxygen atoms in total. The van der Waals surface area contributed by atoms with E-state index in [2.05, 4.69) is 15.6 Å². The standard InChI is InChI=1S/C20H23N3O5/c1-12(2)7-16-9-14(10-18(25)22-16)20(28)23-15-5-3-13(4-6-15)8-17(24)21-11-19(26)27/h3-6,9-10,12H,7-8,11H2,1-2H3,(H,21,24)(H,22,25)(H,23,28)(H,26,27). The van der Waals surface area contributed by atoms with E-state index in [4.69, 9.17) is 5.11 Å². The normalized spacial score (nSPS) is 10.5. The third kappa shape index (κ3) is 6.71. The number of carbonyl (C=O) groups is 3. The van der Waals surface area contributed by atoms with Crippen molar-refractivity contribution in [2.24, 2.45) is 5.92 Å². The number of hydrogen-bond acceptors (Lipinski definition) is 4. The molecule has 0 bridgehead atoms. The molecule has 28 heavy (non-hydrogen) atoms. The number of carboxylic acids is 1. The Balaban J connectivity index is 2.01. The van der Waals surface area contributed by atoms with Crippen LogP contribution in [-0.4, -0.2) is 34.4 Å². The first-order chi connectivity index (χ1) is 13.2. The zero-order chi connectivity index (χ0) is 20.7. The van der Waals surface area contributed by atoms with Gasteiger partial charge in [-0.15, -0.1) is 0 Å². The van der Waals surface area contributed by atoms with Crippen LogP contribution in [0.25, 0.3) is 0 Å². The van der Waals surface area contributed by atoms with E-state index in [1.54, 1.807) is 30.3 Å². The predicted octanol–water partition coefficient (Wildman–Crippen LogP) is 1.57. The van der Waals surface area contributed by atoms with Gasteiger partial charge in [0.1, 0.15) is 6.54 Å². The van der Waals surface area contributed by atoms with Crippen molar-refractivity contribution in [3.8, 4) is 0 Å². The lowest BCUT2D eigenvalue weighted by Gasteiger charge is -2.09. The lowest BCUT2D eigenvalue weighted by Crippen LogP contribution is -2.30. The summed E-state index contributed by atoms with van der Waals surface area (Å²) < 4.78 is 0. The summed E-state index contributed by atoms with van der Waals surface area (Å²) >= 11 is 0. The van der Waals surface area contributed by atoms with Gasteiger partial charge in [-0.25, -0.2) is 0 Å². The molecule has 0 spiro atoms. The molecule has 0 aliphatic heterocycles. The Labute approximate surface area is 162 Å². The Kier molecular flexibility index (Phi) is 7.08. The molecule has 0 atom stereocenters. The predicted molar refractivity (Wildman–Crippen MR) is 104 cm³/mol. The third-order valence-corrected chi connectivity index (χ3v) is 3.80. The summed E-state index contributed by atoms with van der Waals surface area (Å²) in [6.45, 7) is 3.62. The Morgan fingerprint density at radius 3 is 2.39 bits per heavy atom. The summed E-state index contributed by atoms with van der Waals surface area (Å²) in [6.07, 6.45) is 0.698. The molecule has 2 rings (SSSR count). The molecule has 0 saturated heterocycles. The number of rotatable bonds is 8. The van der Waals surface area contributed by atoms with Crippen LogP contribution < -0.4 is 16.2 Å². The zero-order valence-corrected chi connectivity index (χ0v) is 15.7. The summed E-state index contributed by atoms with van der Waals surface area (Å²) in [7, 11) is 0. The molecular formula is C20H23N3O5. The van der Waals surface area contributed by atoms with Crippen molar-refractivity contribution in [1.82, 2.24) is 10.3 Å². The number of anilines is 1. The van der Waals surface area contributed by atoms with Gasteiger partial charge in [-0.2, -0.15) is 0 Å². The number of H-pyrrole nitrogens is 1. The van der Waals surface area contributed by atoms with Crippen molar-refractivity contribution in [1.29, 1.82) is 0 Å². The molecule has 0 radical (unpaired) electrons.